The van der Waals surface area contributed by atoms with E-state index in [2.05, 4.69) is 95.7 Å². The monoisotopic (exact) mass is 1320 g/mol. The summed E-state index contributed by atoms with van der Waals surface area (Å²) in [5.74, 6) is -2.63. The van der Waals surface area contributed by atoms with Crippen LogP contribution in [0.15, 0.2) is 148 Å². The summed E-state index contributed by atoms with van der Waals surface area (Å²) in [6.07, 6.45) is -1.26. The van der Waals surface area contributed by atoms with Crippen molar-refractivity contribution in [3.63, 3.8) is 0 Å². The summed E-state index contributed by atoms with van der Waals surface area (Å²) < 4.78 is 106. The molecule has 0 amide bonds. The lowest BCUT2D eigenvalue weighted by atomic mass is 9.87. The normalized spacial score (nSPS) is 19.4. The number of phenolic OH excluding ortho intramolecular Hbond substituents is 1. The molecule has 9 rings (SSSR count). The van der Waals surface area contributed by atoms with Crippen LogP contribution in [0.3, 0.4) is 0 Å². The SMILES string of the molecule is CCC(C)(C)C(=O)OC(C)(C)c1ccc(F)cc1.CCC(C)(C)C(=O)OC(C)C(F)(F)S(=O)(=O)[O-].CCC(C)(C)C(=O)OC1C2CC3C(=O)OC1C3O2.CCC(C)(C)C(=O)OC1Cc2cc(O)ccc2OC1=O.c1ccc([S+](c2ccccc2)c2ccccc2)cc1. The van der Waals surface area contributed by atoms with E-state index in [0.717, 1.165) is 5.56 Å². The lowest BCUT2D eigenvalue weighted by Gasteiger charge is -2.30. The number of carbonyl (C=O) groups is 6. The first-order valence-corrected chi connectivity index (χ1v) is 33.2. The zero-order chi connectivity index (χ0) is 69.0. The molecule has 0 aromatic heterocycles. The van der Waals surface area contributed by atoms with Gasteiger partial charge in [0, 0.05) is 12.0 Å². The van der Waals surface area contributed by atoms with Gasteiger partial charge in [0.1, 0.15) is 29.0 Å². The molecule has 22 heteroatoms. The van der Waals surface area contributed by atoms with Crippen LogP contribution in [0.4, 0.5) is 13.2 Å². The van der Waals surface area contributed by atoms with Crippen molar-refractivity contribution in [2.24, 2.45) is 27.6 Å². The van der Waals surface area contributed by atoms with Crippen LogP contribution in [-0.4, -0.2) is 95.8 Å². The number of esters is 6. The highest BCUT2D eigenvalue weighted by molar-refractivity contribution is 7.97. The van der Waals surface area contributed by atoms with Gasteiger partial charge >= 0.3 is 41.1 Å². The van der Waals surface area contributed by atoms with Crippen LogP contribution in [0.25, 0.3) is 0 Å². The topological polar surface area (TPSA) is 244 Å². The van der Waals surface area contributed by atoms with Gasteiger partial charge in [-0.25, -0.2) is 17.6 Å². The number of alkyl halides is 2. The van der Waals surface area contributed by atoms with Crippen LogP contribution in [0, 0.1) is 33.4 Å². The van der Waals surface area contributed by atoms with Crippen LogP contribution in [0.5, 0.6) is 11.5 Å². The summed E-state index contributed by atoms with van der Waals surface area (Å²) in [7, 11) is -5.87. The number of hydrogen-bond acceptors (Lipinski definition) is 17. The summed E-state index contributed by atoms with van der Waals surface area (Å²) in [6, 6.07) is 42.7. The lowest BCUT2D eigenvalue weighted by Crippen LogP contribution is -2.44. The number of phenols is 1. The average molecular weight is 1320 g/mol. The Labute approximate surface area is 541 Å². The number of rotatable bonds is 18. The summed E-state index contributed by atoms with van der Waals surface area (Å²) in [4.78, 5) is 75.0. The molecule has 5 aromatic carbocycles. The Morgan fingerprint density at radius 2 is 1.08 bits per heavy atom. The highest BCUT2D eigenvalue weighted by Gasteiger charge is 2.65. The van der Waals surface area contributed by atoms with E-state index >= 15 is 0 Å². The zero-order valence-electron chi connectivity index (χ0n) is 54.9. The fraction of sp³-hybridized carbons (Fsp3) is 0.486. The van der Waals surface area contributed by atoms with Crippen molar-refractivity contribution in [2.45, 2.75) is 205 Å². The van der Waals surface area contributed by atoms with Gasteiger partial charge in [0.05, 0.1) is 44.6 Å². The molecule has 0 spiro atoms. The molecule has 3 saturated heterocycles. The molecule has 2 bridgehead atoms. The molecule has 17 nitrogen and oxygen atoms in total. The van der Waals surface area contributed by atoms with Gasteiger partial charge in [-0.05, 0) is 181 Å². The summed E-state index contributed by atoms with van der Waals surface area (Å²) >= 11 is 0. The van der Waals surface area contributed by atoms with Crippen molar-refractivity contribution in [2.75, 3.05) is 0 Å². The quantitative estimate of drug-likeness (QED) is 0.0282. The molecule has 5 aromatic rings. The maximum Gasteiger partial charge on any atom is 0.369 e. The highest BCUT2D eigenvalue weighted by Crippen LogP contribution is 2.48. The van der Waals surface area contributed by atoms with Crippen molar-refractivity contribution < 1.29 is 93.2 Å². The third-order valence-corrected chi connectivity index (χ3v) is 20.1. The van der Waals surface area contributed by atoms with E-state index in [9.17, 15) is 60.0 Å². The first-order valence-electron chi connectivity index (χ1n) is 30.5. The van der Waals surface area contributed by atoms with Crippen molar-refractivity contribution in [3.05, 3.63) is 150 Å². The third kappa shape index (κ3) is 19.2. The van der Waals surface area contributed by atoms with Gasteiger partial charge in [-0.15, -0.1) is 0 Å². The molecule has 92 heavy (non-hydrogen) atoms. The van der Waals surface area contributed by atoms with E-state index in [1.807, 2.05) is 62.3 Å². The van der Waals surface area contributed by atoms with Crippen molar-refractivity contribution in [1.82, 2.24) is 0 Å². The van der Waals surface area contributed by atoms with Crippen molar-refractivity contribution in [3.8, 4) is 11.5 Å². The van der Waals surface area contributed by atoms with Gasteiger partial charge in [-0.1, -0.05) is 94.4 Å². The number of ether oxygens (including phenoxy) is 7. The Hall–Kier alpha value is -7.27. The fourth-order valence-corrected chi connectivity index (χ4v) is 11.4. The first-order chi connectivity index (χ1) is 42.8. The third-order valence-electron chi connectivity index (χ3n) is 16.9. The molecule has 0 aliphatic carbocycles. The Bertz CT molecular complexity index is 3340. The predicted octanol–water partition coefficient (Wildman–Crippen LogP) is 13.6. The molecular formula is C70H87F3O17S2. The smallest absolute Gasteiger partial charge is 0.369 e. The summed E-state index contributed by atoms with van der Waals surface area (Å²) in [6.45, 7) is 25.6. The van der Waals surface area contributed by atoms with Gasteiger partial charge in [-0.3, -0.25) is 24.0 Å². The Kier molecular flexibility index (Phi) is 25.5. The molecule has 502 valence electrons. The Balaban J connectivity index is 0.000000209. The number of benzene rings is 5. The van der Waals surface area contributed by atoms with Crippen LogP contribution < -0.4 is 4.74 Å². The number of hydrogen-bond donors (Lipinski definition) is 1. The second-order valence-electron chi connectivity index (χ2n) is 25.7. The number of halogens is 3. The molecule has 4 aliphatic heterocycles. The van der Waals surface area contributed by atoms with Crippen molar-refractivity contribution in [1.29, 1.82) is 0 Å². The average Bonchev–Trinajstić information content (AvgIpc) is 1.57. The van der Waals surface area contributed by atoms with Crippen LogP contribution >= 0.6 is 0 Å². The minimum Gasteiger partial charge on any atom is -0.743 e. The molecule has 7 atom stereocenters. The van der Waals surface area contributed by atoms with E-state index in [1.54, 1.807) is 32.9 Å². The van der Waals surface area contributed by atoms with Gasteiger partial charge in [0.25, 0.3) is 0 Å². The van der Waals surface area contributed by atoms with Gasteiger partial charge in [0.2, 0.25) is 6.10 Å². The van der Waals surface area contributed by atoms with E-state index in [4.69, 9.17) is 28.4 Å². The fourth-order valence-electron chi connectivity index (χ4n) is 8.85. The van der Waals surface area contributed by atoms with Crippen molar-refractivity contribution >= 4 is 56.8 Å². The van der Waals surface area contributed by atoms with Gasteiger partial charge < -0.3 is 42.8 Å². The van der Waals surface area contributed by atoms with Crippen LogP contribution in [-0.2, 0) is 90.2 Å². The first kappa shape index (κ1) is 75.4. The summed E-state index contributed by atoms with van der Waals surface area (Å²) in [5.41, 5.74) is -1.99. The van der Waals surface area contributed by atoms with E-state index in [-0.39, 0.29) is 64.9 Å². The van der Waals surface area contributed by atoms with E-state index < -0.39 is 85.0 Å². The molecule has 0 radical (unpaired) electrons. The Morgan fingerprint density at radius 1 is 0.630 bits per heavy atom. The lowest BCUT2D eigenvalue weighted by molar-refractivity contribution is -0.170. The number of aromatic hydroxyl groups is 1. The maximum absolute atomic E-state index is 13.0. The van der Waals surface area contributed by atoms with E-state index in [0.29, 0.717) is 50.3 Å². The van der Waals surface area contributed by atoms with Crippen LogP contribution in [0.2, 0.25) is 0 Å². The number of fused-ring (bicyclic) bond motifs is 2. The molecule has 3 fully saturated rings. The molecule has 4 aliphatic rings. The Morgan fingerprint density at radius 3 is 1.53 bits per heavy atom. The molecule has 1 N–H and O–H groups in total. The maximum atomic E-state index is 13.0. The van der Waals surface area contributed by atoms with Gasteiger partial charge in [0.15, 0.2) is 43.1 Å². The largest absolute Gasteiger partial charge is 0.743 e. The number of carbonyl (C=O) groups excluding carboxylic acids is 6. The predicted molar refractivity (Wildman–Crippen MR) is 337 cm³/mol. The second kappa shape index (κ2) is 31.1. The highest BCUT2D eigenvalue weighted by atomic mass is 32.2. The molecule has 0 saturated carbocycles. The van der Waals surface area contributed by atoms with Gasteiger partial charge in [-0.2, -0.15) is 8.78 Å². The minimum atomic E-state index is -5.86. The molecule has 7 unspecified atom stereocenters. The summed E-state index contributed by atoms with van der Waals surface area (Å²) in [5, 5.41) is 4.81. The second-order valence-corrected chi connectivity index (χ2v) is 29.2. The standard InChI is InChI=1S/C18H15S.C15H21FO2.C15H18O5.C13H18O5.C9H16F2O5S/c1-4-10-16(11-5-1)19(17-12-6-2-7-13-17)18-14-8-3-9-15-18;1-6-14(2,3)13(17)18-15(4,5)11-7-9-12(16)10-8-11;1-4-15(2,3)14(18)20-12-8-9-7-10(16)5-6-11(9)19-13(12)17;1-4-13(2,3)12(15)18-9-7-5-6-8(16-7)10(9)17-11(6)14;1-5-8(3,4)7(12)16-6(2)9(10,11)17(13,14)15/h1-15H;7-10H,6H2,1-5H3;5-7,12,16H,4,8H2,1-3H3;6-10H,4-5H2,1-3H3;6H,5H2,1-4H3,(H,13,14,15)/q+1;;;;/p-1. The van der Waals surface area contributed by atoms with E-state index in [1.165, 1.54) is 58.9 Å². The van der Waals surface area contributed by atoms with Crippen LogP contribution in [0.1, 0.15) is 147 Å². The molecule has 4 heterocycles. The zero-order valence-corrected chi connectivity index (χ0v) is 56.5. The minimum absolute atomic E-state index is 0.0146. The molecular weight excluding hydrogens is 1230 g/mol.